The first-order valence-electron chi connectivity index (χ1n) is 12.1. The summed E-state index contributed by atoms with van der Waals surface area (Å²) in [6, 6.07) is 8.34. The molecule has 1 aromatic heterocycles. The van der Waals surface area contributed by atoms with E-state index in [1.54, 1.807) is 12.0 Å². The summed E-state index contributed by atoms with van der Waals surface area (Å²) in [7, 11) is 1.71. The number of aromatic nitrogens is 1. The molecule has 6 atom stereocenters. The zero-order chi connectivity index (χ0) is 21.4. The summed E-state index contributed by atoms with van der Waals surface area (Å²) in [4.78, 5) is 19.4. The Hall–Kier alpha value is -1.68. The highest BCUT2D eigenvalue weighted by molar-refractivity contribution is 7.15. The van der Waals surface area contributed by atoms with Gasteiger partial charge in [0.05, 0.1) is 12.8 Å². The molecule has 164 valence electrons. The number of benzene rings is 1. The quantitative estimate of drug-likeness (QED) is 0.529. The van der Waals surface area contributed by atoms with Crippen molar-refractivity contribution in [3.05, 3.63) is 34.8 Å². The van der Waals surface area contributed by atoms with Crippen molar-refractivity contribution in [1.82, 2.24) is 4.98 Å². The SMILES string of the molecule is COc1ccc(-c2nc3c(s2)C2CC[C@@H]4[C@H](CC[C@]5(C)C(=O)CC[C@@H]45)[C@@]2(C)CC3)cc1. The van der Waals surface area contributed by atoms with Crippen molar-refractivity contribution >= 4 is 17.1 Å². The van der Waals surface area contributed by atoms with E-state index >= 15 is 0 Å². The lowest BCUT2D eigenvalue weighted by Gasteiger charge is -2.59. The van der Waals surface area contributed by atoms with Crippen LogP contribution in [-0.4, -0.2) is 17.9 Å². The topological polar surface area (TPSA) is 39.2 Å². The van der Waals surface area contributed by atoms with Gasteiger partial charge in [-0.05, 0) is 92.4 Å². The molecule has 0 radical (unpaired) electrons. The van der Waals surface area contributed by atoms with Gasteiger partial charge >= 0.3 is 0 Å². The Morgan fingerprint density at radius 2 is 1.81 bits per heavy atom. The highest BCUT2D eigenvalue weighted by Crippen LogP contribution is 2.67. The number of hydrogen-bond donors (Lipinski definition) is 0. The lowest BCUT2D eigenvalue weighted by molar-refractivity contribution is -0.134. The van der Waals surface area contributed by atoms with Gasteiger partial charge in [-0.3, -0.25) is 4.79 Å². The van der Waals surface area contributed by atoms with Gasteiger partial charge in [-0.25, -0.2) is 4.98 Å². The van der Waals surface area contributed by atoms with Crippen LogP contribution in [0.5, 0.6) is 5.75 Å². The smallest absolute Gasteiger partial charge is 0.139 e. The number of hydrogen-bond acceptors (Lipinski definition) is 4. The molecule has 1 unspecified atom stereocenters. The summed E-state index contributed by atoms with van der Waals surface area (Å²) >= 11 is 1.94. The Morgan fingerprint density at radius 1 is 1.00 bits per heavy atom. The molecule has 6 rings (SSSR count). The van der Waals surface area contributed by atoms with E-state index in [2.05, 4.69) is 26.0 Å². The average Bonchev–Trinajstić information content (AvgIpc) is 3.34. The van der Waals surface area contributed by atoms with Gasteiger partial charge < -0.3 is 4.74 Å². The number of carbonyl (C=O) groups is 1. The number of fused-ring (bicyclic) bond motifs is 7. The first-order valence-corrected chi connectivity index (χ1v) is 12.9. The maximum absolute atomic E-state index is 12.7. The number of carbonyl (C=O) groups excluding carboxylic acids is 1. The molecule has 4 heteroatoms. The molecule has 0 aliphatic heterocycles. The monoisotopic (exact) mass is 435 g/mol. The number of thiazole rings is 1. The van der Waals surface area contributed by atoms with Gasteiger partial charge in [-0.15, -0.1) is 11.3 Å². The maximum atomic E-state index is 12.7. The van der Waals surface area contributed by atoms with Gasteiger partial charge in [-0.1, -0.05) is 13.8 Å². The molecule has 4 aliphatic rings. The summed E-state index contributed by atoms with van der Waals surface area (Å²) in [6.07, 6.45) is 9.28. The summed E-state index contributed by atoms with van der Waals surface area (Å²) in [6.45, 7) is 4.88. The van der Waals surface area contributed by atoms with Crippen molar-refractivity contribution < 1.29 is 9.53 Å². The Kier molecular flexibility index (Phi) is 4.45. The Morgan fingerprint density at radius 3 is 2.58 bits per heavy atom. The molecule has 4 aliphatic carbocycles. The van der Waals surface area contributed by atoms with Gasteiger partial charge in [-0.2, -0.15) is 0 Å². The molecule has 0 spiro atoms. The molecular formula is C27H33NO2S. The van der Waals surface area contributed by atoms with Crippen LogP contribution in [0.25, 0.3) is 10.6 Å². The highest BCUT2D eigenvalue weighted by atomic mass is 32.1. The van der Waals surface area contributed by atoms with E-state index in [0.717, 1.165) is 48.3 Å². The first-order chi connectivity index (χ1) is 14.9. The van der Waals surface area contributed by atoms with E-state index in [-0.39, 0.29) is 5.41 Å². The van der Waals surface area contributed by atoms with Gasteiger partial charge in [0.2, 0.25) is 0 Å². The van der Waals surface area contributed by atoms with Crippen molar-refractivity contribution in [3.63, 3.8) is 0 Å². The molecule has 31 heavy (non-hydrogen) atoms. The van der Waals surface area contributed by atoms with Gasteiger partial charge in [0.1, 0.15) is 16.5 Å². The molecule has 1 aromatic carbocycles. The maximum Gasteiger partial charge on any atom is 0.139 e. The van der Waals surface area contributed by atoms with Crippen LogP contribution >= 0.6 is 11.3 Å². The number of nitrogens with zero attached hydrogens (tertiary/aromatic N) is 1. The summed E-state index contributed by atoms with van der Waals surface area (Å²) in [5, 5.41) is 1.16. The van der Waals surface area contributed by atoms with E-state index in [1.165, 1.54) is 36.9 Å². The van der Waals surface area contributed by atoms with Gasteiger partial charge in [0, 0.05) is 28.2 Å². The highest BCUT2D eigenvalue weighted by Gasteiger charge is 2.60. The van der Waals surface area contributed by atoms with Crippen molar-refractivity contribution in [2.45, 2.75) is 71.1 Å². The number of Topliss-reactive ketones (excluding diaryl/α,β-unsaturated/α-hetero) is 1. The number of methoxy groups -OCH3 is 1. The number of ketones is 1. The molecule has 2 aromatic rings. The van der Waals surface area contributed by atoms with Crippen molar-refractivity contribution in [2.24, 2.45) is 28.6 Å². The third kappa shape index (κ3) is 2.76. The molecule has 3 fully saturated rings. The van der Waals surface area contributed by atoms with E-state index in [0.29, 0.717) is 23.0 Å². The first kappa shape index (κ1) is 20.0. The zero-order valence-electron chi connectivity index (χ0n) is 18.9. The zero-order valence-corrected chi connectivity index (χ0v) is 19.8. The Balaban J connectivity index is 1.32. The van der Waals surface area contributed by atoms with Crippen molar-refractivity contribution in [2.75, 3.05) is 7.11 Å². The van der Waals surface area contributed by atoms with E-state index < -0.39 is 0 Å². The van der Waals surface area contributed by atoms with Crippen LogP contribution in [0, 0.1) is 28.6 Å². The normalized spacial score (nSPS) is 38.7. The second kappa shape index (κ2) is 6.91. The Labute approximate surface area is 189 Å². The van der Waals surface area contributed by atoms with Crippen molar-refractivity contribution in [3.8, 4) is 16.3 Å². The summed E-state index contributed by atoms with van der Waals surface area (Å²) in [5.74, 6) is 4.25. The fourth-order valence-electron chi connectivity index (χ4n) is 8.08. The van der Waals surface area contributed by atoms with Crippen molar-refractivity contribution in [1.29, 1.82) is 0 Å². The second-order valence-corrected chi connectivity index (χ2v) is 12.0. The third-order valence-electron chi connectivity index (χ3n) is 9.86. The van der Waals surface area contributed by atoms with Gasteiger partial charge in [0.15, 0.2) is 0 Å². The molecule has 0 saturated heterocycles. The number of ether oxygens (including phenoxy) is 1. The minimum atomic E-state index is -0.0176. The molecular weight excluding hydrogens is 402 g/mol. The largest absolute Gasteiger partial charge is 0.497 e. The fourth-order valence-corrected chi connectivity index (χ4v) is 9.49. The molecule has 0 amide bonds. The van der Waals surface area contributed by atoms with Crippen LogP contribution in [0.15, 0.2) is 24.3 Å². The minimum absolute atomic E-state index is 0.0176. The number of aryl methyl sites for hydroxylation is 1. The standard InChI is InChI=1S/C27H33NO2S/c1-26-15-13-22-24(31-25(28-22)16-4-6-17(30-3)7-5-16)21(26)9-8-18-19-10-11-23(29)27(19,2)14-12-20(18)26/h4-7,18-21H,8-15H2,1-3H3/t18-,19-,20-,21?,26+,27-/m0/s1. The van der Waals surface area contributed by atoms with Crippen LogP contribution in [0.2, 0.25) is 0 Å². The summed E-state index contributed by atoms with van der Waals surface area (Å²) < 4.78 is 5.33. The number of rotatable bonds is 2. The van der Waals surface area contributed by atoms with Crippen LogP contribution in [0.1, 0.15) is 75.3 Å². The Bertz CT molecular complexity index is 1030. The minimum Gasteiger partial charge on any atom is -0.497 e. The lowest BCUT2D eigenvalue weighted by Crippen LogP contribution is -2.52. The van der Waals surface area contributed by atoms with Crippen LogP contribution in [0.4, 0.5) is 0 Å². The fraction of sp³-hybridized carbons (Fsp3) is 0.630. The lowest BCUT2D eigenvalue weighted by atomic mass is 9.46. The molecule has 3 saturated carbocycles. The van der Waals surface area contributed by atoms with Crippen LogP contribution < -0.4 is 4.74 Å². The molecule has 0 bridgehead atoms. The summed E-state index contributed by atoms with van der Waals surface area (Å²) in [5.41, 5.74) is 2.91. The van der Waals surface area contributed by atoms with E-state index in [1.807, 2.05) is 23.5 Å². The average molecular weight is 436 g/mol. The van der Waals surface area contributed by atoms with Crippen LogP contribution in [0.3, 0.4) is 0 Å². The van der Waals surface area contributed by atoms with Gasteiger partial charge in [0.25, 0.3) is 0 Å². The predicted molar refractivity (Wildman–Crippen MR) is 125 cm³/mol. The molecule has 1 heterocycles. The molecule has 0 N–H and O–H groups in total. The predicted octanol–water partition coefficient (Wildman–Crippen LogP) is 6.66. The molecule has 3 nitrogen and oxygen atoms in total. The second-order valence-electron chi connectivity index (χ2n) is 11.0. The van der Waals surface area contributed by atoms with E-state index in [4.69, 9.17) is 9.72 Å². The van der Waals surface area contributed by atoms with Crippen LogP contribution in [-0.2, 0) is 11.2 Å². The van der Waals surface area contributed by atoms with E-state index in [9.17, 15) is 4.79 Å². The third-order valence-corrected chi connectivity index (χ3v) is 11.1.